The van der Waals surface area contributed by atoms with E-state index in [1.54, 1.807) is 6.07 Å². The van der Waals surface area contributed by atoms with E-state index in [1.165, 1.54) is 0 Å². The zero-order valence-corrected chi connectivity index (χ0v) is 5.46. The second-order valence-electron chi connectivity index (χ2n) is 1.98. The third-order valence-corrected chi connectivity index (χ3v) is 1.37. The van der Waals surface area contributed by atoms with Crippen molar-refractivity contribution in [2.24, 2.45) is 0 Å². The Morgan fingerprint density at radius 3 is 2.44 bits per heavy atom. The van der Waals surface area contributed by atoms with Crippen LogP contribution < -0.4 is 5.46 Å². The molecule has 0 radical (unpaired) electrons. The Hall–Kier alpha value is -0.915. The van der Waals surface area contributed by atoms with E-state index in [0.717, 1.165) is 12.7 Å². The number of aromatic hydroxyl groups is 1. The molecule has 0 amide bonds. The largest absolute Gasteiger partial charge is 0.509 e. The average molecular weight is 120 g/mol. The van der Waals surface area contributed by atoms with Gasteiger partial charge in [0.1, 0.15) is 5.75 Å². The first kappa shape index (κ1) is 6.21. The Morgan fingerprint density at radius 1 is 1.33 bits per heavy atom. The van der Waals surface area contributed by atoms with E-state index in [0.29, 0.717) is 5.75 Å². The second kappa shape index (κ2) is 2.58. The van der Waals surface area contributed by atoms with Crippen LogP contribution in [0.15, 0.2) is 24.3 Å². The van der Waals surface area contributed by atoms with Crippen molar-refractivity contribution >= 4 is 12.7 Å². The summed E-state index contributed by atoms with van der Waals surface area (Å²) >= 11 is 0. The molecule has 0 saturated carbocycles. The molecular weight excluding hydrogens is 111 g/mol. The third-order valence-electron chi connectivity index (χ3n) is 1.37. The standard InChI is InChI=1S/C7H9BO/c1-8-6-4-2-3-5-7(6)9/h2-5,8-9H,1H3. The maximum Gasteiger partial charge on any atom is 0.159 e. The van der Waals surface area contributed by atoms with E-state index in [-0.39, 0.29) is 0 Å². The van der Waals surface area contributed by atoms with Gasteiger partial charge < -0.3 is 5.11 Å². The Morgan fingerprint density at radius 2 is 2.00 bits per heavy atom. The molecule has 1 rings (SSSR count). The zero-order valence-electron chi connectivity index (χ0n) is 5.46. The Labute approximate surface area is 55.6 Å². The van der Waals surface area contributed by atoms with Gasteiger partial charge in [-0.3, -0.25) is 0 Å². The topological polar surface area (TPSA) is 20.2 Å². The van der Waals surface area contributed by atoms with Crippen molar-refractivity contribution in [2.75, 3.05) is 0 Å². The van der Waals surface area contributed by atoms with Gasteiger partial charge in [0.05, 0.1) is 0 Å². The summed E-state index contributed by atoms with van der Waals surface area (Å²) in [5.41, 5.74) is 1.01. The molecule has 0 atom stereocenters. The molecule has 1 N–H and O–H groups in total. The van der Waals surface area contributed by atoms with Gasteiger partial charge in [0.15, 0.2) is 7.28 Å². The van der Waals surface area contributed by atoms with Crippen molar-refractivity contribution in [2.45, 2.75) is 6.82 Å². The van der Waals surface area contributed by atoms with Crippen LogP contribution in [-0.2, 0) is 0 Å². The van der Waals surface area contributed by atoms with E-state index in [9.17, 15) is 0 Å². The number of para-hydroxylation sites is 1. The molecular formula is C7H9BO. The summed E-state index contributed by atoms with van der Waals surface area (Å²) in [6, 6.07) is 7.39. The molecule has 0 aliphatic heterocycles. The van der Waals surface area contributed by atoms with Crippen LogP contribution in [0.25, 0.3) is 0 Å². The summed E-state index contributed by atoms with van der Waals surface area (Å²) in [5.74, 6) is 0.403. The number of hydrogen-bond donors (Lipinski definition) is 1. The minimum absolute atomic E-state index is 0.403. The molecule has 1 aromatic carbocycles. The van der Waals surface area contributed by atoms with Gasteiger partial charge in [-0.2, -0.15) is 0 Å². The molecule has 0 heterocycles. The molecule has 9 heavy (non-hydrogen) atoms. The highest BCUT2D eigenvalue weighted by Gasteiger charge is 1.93. The van der Waals surface area contributed by atoms with Gasteiger partial charge in [-0.25, -0.2) is 0 Å². The van der Waals surface area contributed by atoms with Gasteiger partial charge in [-0.1, -0.05) is 25.0 Å². The van der Waals surface area contributed by atoms with Crippen LogP contribution in [-0.4, -0.2) is 12.4 Å². The lowest BCUT2D eigenvalue weighted by molar-refractivity contribution is 0.479. The summed E-state index contributed by atoms with van der Waals surface area (Å²) < 4.78 is 0. The second-order valence-corrected chi connectivity index (χ2v) is 1.98. The lowest BCUT2D eigenvalue weighted by atomic mass is 9.73. The van der Waals surface area contributed by atoms with Crippen molar-refractivity contribution in [3.63, 3.8) is 0 Å². The summed E-state index contributed by atoms with van der Waals surface area (Å²) in [6.07, 6.45) is 0. The van der Waals surface area contributed by atoms with Gasteiger partial charge in [0.25, 0.3) is 0 Å². The quantitative estimate of drug-likeness (QED) is 0.535. The maximum absolute atomic E-state index is 9.11. The minimum Gasteiger partial charge on any atom is -0.509 e. The van der Waals surface area contributed by atoms with Crippen LogP contribution >= 0.6 is 0 Å². The first-order valence-electron chi connectivity index (χ1n) is 3.11. The van der Waals surface area contributed by atoms with Gasteiger partial charge in [0, 0.05) is 0 Å². The van der Waals surface area contributed by atoms with Crippen LogP contribution in [0.3, 0.4) is 0 Å². The average Bonchev–Trinajstić information content (AvgIpc) is 1.89. The van der Waals surface area contributed by atoms with E-state index in [1.807, 2.05) is 25.0 Å². The van der Waals surface area contributed by atoms with Crippen molar-refractivity contribution in [1.29, 1.82) is 0 Å². The first-order valence-corrected chi connectivity index (χ1v) is 3.11. The van der Waals surface area contributed by atoms with Crippen molar-refractivity contribution in [3.05, 3.63) is 24.3 Å². The summed E-state index contributed by atoms with van der Waals surface area (Å²) in [6.45, 7) is 2.02. The van der Waals surface area contributed by atoms with Gasteiger partial charge in [-0.05, 0) is 11.5 Å². The lowest BCUT2D eigenvalue weighted by Gasteiger charge is -1.96. The number of hydrogen-bond acceptors (Lipinski definition) is 1. The van der Waals surface area contributed by atoms with Gasteiger partial charge in [-0.15, -0.1) is 0 Å². The smallest absolute Gasteiger partial charge is 0.159 e. The van der Waals surface area contributed by atoms with Crippen LogP contribution in [0, 0.1) is 0 Å². The zero-order chi connectivity index (χ0) is 6.69. The number of phenols is 1. The number of phenolic OH excluding ortho intramolecular Hbond substituents is 1. The van der Waals surface area contributed by atoms with Gasteiger partial charge in [0.2, 0.25) is 0 Å². The Bertz CT molecular complexity index is 198. The predicted molar refractivity (Wildman–Crippen MR) is 40.8 cm³/mol. The Balaban J connectivity index is 3.01. The lowest BCUT2D eigenvalue weighted by Crippen LogP contribution is -2.09. The molecule has 0 bridgehead atoms. The van der Waals surface area contributed by atoms with Gasteiger partial charge >= 0.3 is 0 Å². The highest BCUT2D eigenvalue weighted by molar-refractivity contribution is 6.53. The Kier molecular flexibility index (Phi) is 1.78. The molecule has 0 fully saturated rings. The molecule has 2 heteroatoms. The van der Waals surface area contributed by atoms with Crippen LogP contribution in [0.2, 0.25) is 6.82 Å². The molecule has 0 spiro atoms. The van der Waals surface area contributed by atoms with Crippen molar-refractivity contribution in [1.82, 2.24) is 0 Å². The van der Waals surface area contributed by atoms with E-state index in [2.05, 4.69) is 0 Å². The van der Waals surface area contributed by atoms with Crippen LogP contribution in [0.4, 0.5) is 0 Å². The van der Waals surface area contributed by atoms with Crippen LogP contribution in [0.1, 0.15) is 0 Å². The first-order chi connectivity index (χ1) is 4.34. The fraction of sp³-hybridized carbons (Fsp3) is 0.143. The fourth-order valence-electron chi connectivity index (χ4n) is 0.810. The van der Waals surface area contributed by atoms with Crippen molar-refractivity contribution < 1.29 is 5.11 Å². The molecule has 0 unspecified atom stereocenters. The third kappa shape index (κ3) is 1.25. The predicted octanol–water partition coefficient (Wildman–Crippen LogP) is 0.502. The van der Waals surface area contributed by atoms with E-state index < -0.39 is 0 Å². The summed E-state index contributed by atoms with van der Waals surface area (Å²) in [7, 11) is 0.896. The number of rotatable bonds is 1. The molecule has 0 aromatic heterocycles. The van der Waals surface area contributed by atoms with Crippen molar-refractivity contribution in [3.8, 4) is 5.75 Å². The highest BCUT2D eigenvalue weighted by Crippen LogP contribution is 2.00. The van der Waals surface area contributed by atoms with E-state index >= 15 is 0 Å². The molecule has 0 aliphatic carbocycles. The maximum atomic E-state index is 9.11. The minimum atomic E-state index is 0.403. The number of benzene rings is 1. The normalized spacial score (nSPS) is 9.00. The fourth-order valence-corrected chi connectivity index (χ4v) is 0.810. The SMILES string of the molecule is CBc1ccccc1O. The molecule has 0 saturated heterocycles. The highest BCUT2D eigenvalue weighted by atomic mass is 16.3. The van der Waals surface area contributed by atoms with E-state index in [4.69, 9.17) is 5.11 Å². The summed E-state index contributed by atoms with van der Waals surface area (Å²) in [4.78, 5) is 0. The van der Waals surface area contributed by atoms with Crippen LogP contribution in [0.5, 0.6) is 5.75 Å². The molecule has 46 valence electrons. The molecule has 1 nitrogen and oxygen atoms in total. The molecule has 1 aromatic rings. The molecule has 0 aliphatic rings. The monoisotopic (exact) mass is 120 g/mol. The summed E-state index contributed by atoms with van der Waals surface area (Å²) in [5, 5.41) is 9.11.